The van der Waals surface area contributed by atoms with Crippen molar-refractivity contribution in [2.45, 2.75) is 50.6 Å². The molecule has 0 spiro atoms. The zero-order chi connectivity index (χ0) is 19.4. The number of benzene rings is 2. The van der Waals surface area contributed by atoms with E-state index in [2.05, 4.69) is 13.8 Å². The molecule has 1 saturated heterocycles. The first-order chi connectivity index (χ1) is 12.9. The lowest BCUT2D eigenvalue weighted by Gasteiger charge is -2.33. The van der Waals surface area contributed by atoms with E-state index in [1.54, 1.807) is 4.90 Å². The first kappa shape index (κ1) is 19.2. The van der Waals surface area contributed by atoms with Crippen LogP contribution < -0.4 is 0 Å². The fourth-order valence-electron chi connectivity index (χ4n) is 3.99. The second-order valence-corrected chi connectivity index (χ2v) is 7.77. The largest absolute Gasteiger partial charge is 0.467 e. The molecule has 0 aliphatic carbocycles. The highest BCUT2D eigenvalue weighted by Crippen LogP contribution is 2.39. The number of nitrogens with zero attached hydrogens (tertiary/aromatic N) is 1. The molecule has 1 amide bonds. The number of hydrogen-bond acceptors (Lipinski definition) is 3. The number of rotatable bonds is 5. The highest BCUT2D eigenvalue weighted by atomic mass is 16.5. The Morgan fingerprint density at radius 2 is 1.59 bits per heavy atom. The Labute approximate surface area is 161 Å². The molecule has 1 aliphatic heterocycles. The molecule has 27 heavy (non-hydrogen) atoms. The summed E-state index contributed by atoms with van der Waals surface area (Å²) in [5.74, 6) is -0.343. The van der Waals surface area contributed by atoms with E-state index in [0.717, 1.165) is 17.5 Å². The molecule has 1 fully saturated rings. The van der Waals surface area contributed by atoms with Crippen molar-refractivity contribution in [3.63, 3.8) is 0 Å². The first-order valence-electron chi connectivity index (χ1n) is 9.43. The Morgan fingerprint density at radius 3 is 2.19 bits per heavy atom. The van der Waals surface area contributed by atoms with Crippen molar-refractivity contribution >= 4 is 11.9 Å². The molecule has 142 valence electrons. The topological polar surface area (TPSA) is 46.6 Å². The lowest BCUT2D eigenvalue weighted by Crippen LogP contribution is -2.44. The van der Waals surface area contributed by atoms with Crippen LogP contribution in [0, 0.1) is 0 Å². The van der Waals surface area contributed by atoms with Gasteiger partial charge in [-0.3, -0.25) is 4.79 Å². The quantitative estimate of drug-likeness (QED) is 0.744. The fraction of sp³-hybridized carbons (Fsp3) is 0.391. The van der Waals surface area contributed by atoms with Crippen molar-refractivity contribution in [1.82, 2.24) is 4.90 Å². The summed E-state index contributed by atoms with van der Waals surface area (Å²) >= 11 is 0. The van der Waals surface area contributed by atoms with Gasteiger partial charge in [0.15, 0.2) is 0 Å². The summed E-state index contributed by atoms with van der Waals surface area (Å²) in [6, 6.07) is 19.4. The van der Waals surface area contributed by atoms with Crippen LogP contribution in [0.5, 0.6) is 0 Å². The summed E-state index contributed by atoms with van der Waals surface area (Å²) in [5.41, 5.74) is 1.86. The van der Waals surface area contributed by atoms with E-state index in [9.17, 15) is 9.59 Å². The molecular weight excluding hydrogens is 338 g/mol. The van der Waals surface area contributed by atoms with Crippen molar-refractivity contribution in [3.8, 4) is 0 Å². The third kappa shape index (κ3) is 4.05. The van der Waals surface area contributed by atoms with Gasteiger partial charge in [-0.2, -0.15) is 0 Å². The standard InChI is InChI=1S/C23H27NO3/c1-23(2,18-12-8-5-9-13-18)16-21(25)24-19(17-10-6-4-7-11-17)14-15-20(24)22(26)27-3/h4-13,19-20H,14-16H2,1-3H3/t19-,20-/m1/s1. The summed E-state index contributed by atoms with van der Waals surface area (Å²) in [5, 5.41) is 0. The smallest absolute Gasteiger partial charge is 0.328 e. The number of carbonyl (C=O) groups excluding carboxylic acids is 2. The minimum atomic E-state index is -0.515. The van der Waals surface area contributed by atoms with Crippen LogP contribution in [-0.4, -0.2) is 29.9 Å². The number of ether oxygens (including phenoxy) is 1. The highest BCUT2D eigenvalue weighted by Gasteiger charge is 2.43. The number of amides is 1. The molecule has 2 aromatic rings. The van der Waals surface area contributed by atoms with Gasteiger partial charge in [-0.05, 0) is 29.4 Å². The van der Waals surface area contributed by atoms with E-state index in [-0.39, 0.29) is 23.3 Å². The van der Waals surface area contributed by atoms with Crippen molar-refractivity contribution in [2.24, 2.45) is 0 Å². The van der Waals surface area contributed by atoms with E-state index in [1.807, 2.05) is 60.7 Å². The Kier molecular flexibility index (Phi) is 5.64. The molecular formula is C23H27NO3. The van der Waals surface area contributed by atoms with Crippen molar-refractivity contribution in [2.75, 3.05) is 7.11 Å². The molecule has 2 aromatic carbocycles. The van der Waals surface area contributed by atoms with Crippen LogP contribution >= 0.6 is 0 Å². The maximum atomic E-state index is 13.4. The molecule has 1 aliphatic rings. The van der Waals surface area contributed by atoms with E-state index >= 15 is 0 Å². The predicted molar refractivity (Wildman–Crippen MR) is 105 cm³/mol. The molecule has 0 radical (unpaired) electrons. The number of methoxy groups -OCH3 is 1. The maximum Gasteiger partial charge on any atom is 0.328 e. The molecule has 0 N–H and O–H groups in total. The average Bonchev–Trinajstić information content (AvgIpc) is 3.14. The normalized spacial score (nSPS) is 19.7. The molecule has 0 unspecified atom stereocenters. The molecule has 4 nitrogen and oxygen atoms in total. The average molecular weight is 365 g/mol. The maximum absolute atomic E-state index is 13.4. The Bertz CT molecular complexity index is 786. The lowest BCUT2D eigenvalue weighted by atomic mass is 9.81. The second-order valence-electron chi connectivity index (χ2n) is 7.77. The number of esters is 1. The minimum Gasteiger partial charge on any atom is -0.467 e. The molecule has 2 atom stereocenters. The van der Waals surface area contributed by atoms with Gasteiger partial charge in [-0.15, -0.1) is 0 Å². The number of hydrogen-bond donors (Lipinski definition) is 0. The third-order valence-electron chi connectivity index (χ3n) is 5.48. The van der Waals surface area contributed by atoms with Gasteiger partial charge >= 0.3 is 5.97 Å². The molecule has 0 saturated carbocycles. The fourth-order valence-corrected chi connectivity index (χ4v) is 3.99. The van der Waals surface area contributed by atoms with Gasteiger partial charge in [0.25, 0.3) is 0 Å². The van der Waals surface area contributed by atoms with Gasteiger partial charge in [0.2, 0.25) is 5.91 Å². The monoisotopic (exact) mass is 365 g/mol. The van der Waals surface area contributed by atoms with Gasteiger partial charge < -0.3 is 9.64 Å². The van der Waals surface area contributed by atoms with Crippen LogP contribution in [0.4, 0.5) is 0 Å². The molecule has 0 bridgehead atoms. The second kappa shape index (κ2) is 7.95. The van der Waals surface area contributed by atoms with Gasteiger partial charge in [0.1, 0.15) is 6.04 Å². The van der Waals surface area contributed by atoms with Gasteiger partial charge in [-0.25, -0.2) is 4.79 Å². The number of likely N-dealkylation sites (tertiary alicyclic amines) is 1. The van der Waals surface area contributed by atoms with Crippen molar-refractivity contribution < 1.29 is 14.3 Å². The molecule has 4 heteroatoms. The van der Waals surface area contributed by atoms with Crippen LogP contribution in [0.3, 0.4) is 0 Å². The predicted octanol–water partition coefficient (Wildman–Crippen LogP) is 4.26. The van der Waals surface area contributed by atoms with E-state index in [0.29, 0.717) is 12.8 Å². The Morgan fingerprint density at radius 1 is 1.00 bits per heavy atom. The first-order valence-corrected chi connectivity index (χ1v) is 9.43. The van der Waals surface area contributed by atoms with Gasteiger partial charge in [-0.1, -0.05) is 74.5 Å². The Hall–Kier alpha value is -2.62. The lowest BCUT2D eigenvalue weighted by molar-refractivity contribution is -0.152. The summed E-state index contributed by atoms with van der Waals surface area (Å²) in [6.45, 7) is 4.14. The van der Waals surface area contributed by atoms with Crippen molar-refractivity contribution in [1.29, 1.82) is 0 Å². The van der Waals surface area contributed by atoms with Crippen LogP contribution in [0.25, 0.3) is 0 Å². The SMILES string of the molecule is COC(=O)[C@H]1CC[C@H](c2ccccc2)N1C(=O)CC(C)(C)c1ccccc1. The van der Waals surface area contributed by atoms with Crippen molar-refractivity contribution in [3.05, 3.63) is 71.8 Å². The zero-order valence-corrected chi connectivity index (χ0v) is 16.2. The number of carbonyl (C=O) groups is 2. The minimum absolute atomic E-state index is 0.00870. The summed E-state index contributed by atoms with van der Waals surface area (Å²) < 4.78 is 4.98. The molecule has 1 heterocycles. The van der Waals surface area contributed by atoms with E-state index in [4.69, 9.17) is 4.74 Å². The zero-order valence-electron chi connectivity index (χ0n) is 16.2. The van der Waals surface area contributed by atoms with Crippen LogP contribution in [0.1, 0.15) is 50.3 Å². The Balaban J connectivity index is 1.88. The summed E-state index contributed by atoms with van der Waals surface area (Å²) in [6.07, 6.45) is 1.73. The van der Waals surface area contributed by atoms with E-state index in [1.165, 1.54) is 7.11 Å². The van der Waals surface area contributed by atoms with E-state index < -0.39 is 6.04 Å². The van der Waals surface area contributed by atoms with Gasteiger partial charge in [0, 0.05) is 6.42 Å². The van der Waals surface area contributed by atoms with Crippen LogP contribution in [0.2, 0.25) is 0 Å². The molecule has 3 rings (SSSR count). The van der Waals surface area contributed by atoms with Crippen LogP contribution in [0.15, 0.2) is 60.7 Å². The summed E-state index contributed by atoms with van der Waals surface area (Å²) in [7, 11) is 1.38. The highest BCUT2D eigenvalue weighted by molar-refractivity contribution is 5.86. The molecule has 0 aromatic heterocycles. The third-order valence-corrected chi connectivity index (χ3v) is 5.48. The summed E-state index contributed by atoms with van der Waals surface area (Å²) in [4.78, 5) is 27.4. The van der Waals surface area contributed by atoms with Gasteiger partial charge in [0.05, 0.1) is 13.2 Å². The van der Waals surface area contributed by atoms with Crippen LogP contribution in [-0.2, 0) is 19.7 Å².